The maximum atomic E-state index is 4.66. The summed E-state index contributed by atoms with van der Waals surface area (Å²) in [4.78, 5) is 4.66. The molecule has 0 aromatic heterocycles. The van der Waals surface area contributed by atoms with E-state index in [4.69, 9.17) is 0 Å². The topological polar surface area (TPSA) is 48.5 Å². The quantitative estimate of drug-likeness (QED) is 0.255. The molecule has 0 spiro atoms. The molecule has 0 atom stereocenters. The molecule has 0 radical (unpaired) electrons. The Morgan fingerprint density at radius 2 is 1.60 bits per heavy atom. The van der Waals surface area contributed by atoms with Crippen molar-refractivity contribution in [3.8, 4) is 0 Å². The van der Waals surface area contributed by atoms with Crippen molar-refractivity contribution in [1.82, 2.24) is 16.0 Å². The van der Waals surface area contributed by atoms with Gasteiger partial charge in [0.15, 0.2) is 5.96 Å². The highest BCUT2D eigenvalue weighted by molar-refractivity contribution is 14.0. The van der Waals surface area contributed by atoms with Gasteiger partial charge in [0.2, 0.25) is 0 Å². The van der Waals surface area contributed by atoms with Gasteiger partial charge in [0, 0.05) is 31.7 Å². The monoisotopic (exact) mass is 398 g/mol. The summed E-state index contributed by atoms with van der Waals surface area (Å²) in [5.41, 5.74) is 0.173. The fourth-order valence-corrected chi connectivity index (χ4v) is 1.73. The predicted molar refractivity (Wildman–Crippen MR) is 101 cm³/mol. The average molecular weight is 398 g/mol. The molecule has 0 aliphatic carbocycles. The Balaban J connectivity index is 0. The number of aliphatic imine (C=N–C) groups is 1. The van der Waals surface area contributed by atoms with Crippen molar-refractivity contribution in [1.29, 1.82) is 0 Å². The van der Waals surface area contributed by atoms with Crippen LogP contribution in [0.25, 0.3) is 0 Å². The van der Waals surface area contributed by atoms with E-state index in [-0.39, 0.29) is 29.5 Å². The summed E-state index contributed by atoms with van der Waals surface area (Å²) >= 11 is 0. The largest absolute Gasteiger partial charge is 0.357 e. The molecule has 0 aromatic rings. The van der Waals surface area contributed by atoms with Crippen LogP contribution in [0.5, 0.6) is 0 Å². The van der Waals surface area contributed by atoms with Crippen LogP contribution in [0.1, 0.15) is 54.4 Å². The summed E-state index contributed by atoms with van der Waals surface area (Å²) in [7, 11) is 0. The molecule has 0 saturated heterocycles. The van der Waals surface area contributed by atoms with Gasteiger partial charge in [-0.3, -0.25) is 4.99 Å². The number of guanidine groups is 1. The minimum absolute atomic E-state index is 0. The summed E-state index contributed by atoms with van der Waals surface area (Å²) in [6.07, 6.45) is 2.40. The van der Waals surface area contributed by atoms with Gasteiger partial charge in [-0.2, -0.15) is 0 Å². The Hall–Kier alpha value is -0.0400. The number of hydrogen-bond acceptors (Lipinski definition) is 2. The second-order valence-electron chi connectivity index (χ2n) is 6.01. The van der Waals surface area contributed by atoms with E-state index in [1.54, 1.807) is 0 Å². The maximum absolute atomic E-state index is 4.66. The van der Waals surface area contributed by atoms with E-state index in [1.165, 1.54) is 12.8 Å². The molecule has 0 unspecified atom stereocenters. The fourth-order valence-electron chi connectivity index (χ4n) is 1.73. The van der Waals surface area contributed by atoms with Gasteiger partial charge in [0.25, 0.3) is 0 Å². The Morgan fingerprint density at radius 3 is 2.05 bits per heavy atom. The van der Waals surface area contributed by atoms with Crippen LogP contribution in [0.2, 0.25) is 0 Å². The molecule has 0 saturated carbocycles. The number of rotatable bonds is 8. The van der Waals surface area contributed by atoms with Crippen molar-refractivity contribution in [2.75, 3.05) is 26.2 Å². The van der Waals surface area contributed by atoms with Crippen LogP contribution in [0.3, 0.4) is 0 Å². The van der Waals surface area contributed by atoms with E-state index >= 15 is 0 Å². The molecule has 4 nitrogen and oxygen atoms in total. The van der Waals surface area contributed by atoms with Crippen molar-refractivity contribution in [3.05, 3.63) is 0 Å². The normalized spacial score (nSPS) is 12.2. The highest BCUT2D eigenvalue weighted by Crippen LogP contribution is 2.06. The number of nitrogens with one attached hydrogen (secondary N) is 3. The molecular formula is C15H35IN4. The minimum Gasteiger partial charge on any atom is -0.357 e. The Kier molecular flexibility index (Phi) is 14.1. The third kappa shape index (κ3) is 13.0. The standard InChI is InChI=1S/C15H34N4.HI/c1-7-13(8-2)12-18-14(16-9-3)17-10-11-19-15(4,5)6;/h13,19H,7-12H2,1-6H3,(H2,16,17,18);1H. The molecule has 20 heavy (non-hydrogen) atoms. The minimum atomic E-state index is 0. The third-order valence-electron chi connectivity index (χ3n) is 3.08. The summed E-state index contributed by atoms with van der Waals surface area (Å²) < 4.78 is 0. The van der Waals surface area contributed by atoms with E-state index in [0.29, 0.717) is 5.92 Å². The van der Waals surface area contributed by atoms with Crippen molar-refractivity contribution < 1.29 is 0 Å². The number of hydrogen-bond donors (Lipinski definition) is 3. The molecule has 5 heteroatoms. The summed E-state index contributed by atoms with van der Waals surface area (Å²) in [6, 6.07) is 0. The van der Waals surface area contributed by atoms with Crippen LogP contribution >= 0.6 is 24.0 Å². The first-order valence-corrected chi connectivity index (χ1v) is 7.70. The number of halogens is 1. The van der Waals surface area contributed by atoms with Crippen LogP contribution in [0.15, 0.2) is 4.99 Å². The van der Waals surface area contributed by atoms with Crippen LogP contribution in [-0.2, 0) is 0 Å². The van der Waals surface area contributed by atoms with Crippen LogP contribution in [0, 0.1) is 5.92 Å². The zero-order valence-electron chi connectivity index (χ0n) is 14.2. The molecule has 0 aromatic carbocycles. The van der Waals surface area contributed by atoms with Gasteiger partial charge in [-0.25, -0.2) is 0 Å². The van der Waals surface area contributed by atoms with Gasteiger partial charge >= 0.3 is 0 Å². The van der Waals surface area contributed by atoms with Gasteiger partial charge in [-0.1, -0.05) is 26.7 Å². The van der Waals surface area contributed by atoms with Crippen molar-refractivity contribution >= 4 is 29.9 Å². The highest BCUT2D eigenvalue weighted by atomic mass is 127. The van der Waals surface area contributed by atoms with Gasteiger partial charge in [0.05, 0.1) is 0 Å². The van der Waals surface area contributed by atoms with Gasteiger partial charge < -0.3 is 16.0 Å². The first-order chi connectivity index (χ1) is 8.92. The predicted octanol–water partition coefficient (Wildman–Crippen LogP) is 2.98. The maximum Gasteiger partial charge on any atom is 0.191 e. The highest BCUT2D eigenvalue weighted by Gasteiger charge is 2.07. The molecule has 0 amide bonds. The molecule has 122 valence electrons. The first-order valence-electron chi connectivity index (χ1n) is 7.70. The molecule has 0 fully saturated rings. The molecule has 0 rings (SSSR count). The van der Waals surface area contributed by atoms with E-state index in [1.807, 2.05) is 0 Å². The Bertz CT molecular complexity index is 245. The Morgan fingerprint density at radius 1 is 1.00 bits per heavy atom. The van der Waals surface area contributed by atoms with E-state index < -0.39 is 0 Å². The zero-order valence-corrected chi connectivity index (χ0v) is 16.5. The lowest BCUT2D eigenvalue weighted by molar-refractivity contribution is 0.428. The lowest BCUT2D eigenvalue weighted by Crippen LogP contribution is -2.44. The van der Waals surface area contributed by atoms with Gasteiger partial charge in [-0.15, -0.1) is 24.0 Å². The second kappa shape index (κ2) is 12.7. The fraction of sp³-hybridized carbons (Fsp3) is 0.933. The first kappa shape index (κ1) is 22.2. The van der Waals surface area contributed by atoms with Crippen molar-refractivity contribution in [3.63, 3.8) is 0 Å². The third-order valence-corrected chi connectivity index (χ3v) is 3.08. The average Bonchev–Trinajstić information content (AvgIpc) is 2.34. The number of nitrogens with zero attached hydrogens (tertiary/aromatic N) is 1. The lowest BCUT2D eigenvalue weighted by Gasteiger charge is -2.21. The smallest absolute Gasteiger partial charge is 0.191 e. The second-order valence-corrected chi connectivity index (χ2v) is 6.01. The molecule has 0 aliphatic rings. The summed E-state index contributed by atoms with van der Waals surface area (Å²) in [6.45, 7) is 16.8. The van der Waals surface area contributed by atoms with E-state index in [2.05, 4.69) is 62.5 Å². The van der Waals surface area contributed by atoms with E-state index in [0.717, 1.165) is 32.1 Å². The van der Waals surface area contributed by atoms with Gasteiger partial charge in [-0.05, 0) is 33.6 Å². The molecular weight excluding hydrogens is 363 g/mol. The van der Waals surface area contributed by atoms with Crippen LogP contribution in [-0.4, -0.2) is 37.7 Å². The summed E-state index contributed by atoms with van der Waals surface area (Å²) in [5, 5.41) is 10.1. The zero-order chi connectivity index (χ0) is 14.7. The molecule has 3 N–H and O–H groups in total. The molecule has 0 bridgehead atoms. The SMILES string of the molecule is CCNC(=NCC(CC)CC)NCCNC(C)(C)C.I. The van der Waals surface area contributed by atoms with Crippen molar-refractivity contribution in [2.24, 2.45) is 10.9 Å². The summed E-state index contributed by atoms with van der Waals surface area (Å²) in [5.74, 6) is 1.63. The van der Waals surface area contributed by atoms with Crippen LogP contribution in [0.4, 0.5) is 0 Å². The molecule has 0 aliphatic heterocycles. The van der Waals surface area contributed by atoms with E-state index in [9.17, 15) is 0 Å². The molecule has 0 heterocycles. The van der Waals surface area contributed by atoms with Crippen molar-refractivity contribution in [2.45, 2.75) is 59.9 Å². The van der Waals surface area contributed by atoms with Gasteiger partial charge in [0.1, 0.15) is 0 Å². The van der Waals surface area contributed by atoms with Crippen LogP contribution < -0.4 is 16.0 Å². The lowest BCUT2D eigenvalue weighted by atomic mass is 10.0. The Labute approximate surface area is 143 Å².